The second-order valence-corrected chi connectivity index (χ2v) is 5.59. The molecule has 1 aromatic heterocycles. The number of benzene rings is 1. The van der Waals surface area contributed by atoms with E-state index >= 15 is 0 Å². The van der Waals surface area contributed by atoms with E-state index in [2.05, 4.69) is 56.3 Å². The number of ether oxygens (including phenoxy) is 1. The Balaban J connectivity index is 2.07. The SMILES string of the molecule is CCn1cc(COc2c(C)cccc2CNC(C)C)cn1. The van der Waals surface area contributed by atoms with Gasteiger partial charge in [0.25, 0.3) is 0 Å². The van der Waals surface area contributed by atoms with Gasteiger partial charge in [0.2, 0.25) is 0 Å². The predicted molar refractivity (Wildman–Crippen MR) is 85.4 cm³/mol. The highest BCUT2D eigenvalue weighted by atomic mass is 16.5. The van der Waals surface area contributed by atoms with Gasteiger partial charge < -0.3 is 10.1 Å². The molecule has 4 heteroatoms. The number of rotatable bonds is 7. The first-order chi connectivity index (χ1) is 10.1. The number of nitrogens with zero attached hydrogens (tertiary/aromatic N) is 2. The molecular formula is C17H25N3O. The highest BCUT2D eigenvalue weighted by Crippen LogP contribution is 2.24. The molecule has 0 amide bonds. The van der Waals surface area contributed by atoms with E-state index in [-0.39, 0.29) is 0 Å². The van der Waals surface area contributed by atoms with Crippen molar-refractivity contribution in [2.45, 2.75) is 53.4 Å². The Labute approximate surface area is 127 Å². The summed E-state index contributed by atoms with van der Waals surface area (Å²) in [5.41, 5.74) is 3.47. The minimum absolute atomic E-state index is 0.459. The molecule has 1 N–H and O–H groups in total. The summed E-state index contributed by atoms with van der Waals surface area (Å²) < 4.78 is 7.97. The van der Waals surface area contributed by atoms with Crippen molar-refractivity contribution in [2.24, 2.45) is 0 Å². The van der Waals surface area contributed by atoms with Crippen LogP contribution in [-0.2, 0) is 19.7 Å². The molecule has 1 aromatic carbocycles. The third-order valence-corrected chi connectivity index (χ3v) is 3.39. The number of aromatic nitrogens is 2. The maximum atomic E-state index is 6.05. The van der Waals surface area contributed by atoms with E-state index in [0.717, 1.165) is 24.4 Å². The van der Waals surface area contributed by atoms with Crippen LogP contribution in [0.4, 0.5) is 0 Å². The van der Waals surface area contributed by atoms with Gasteiger partial charge in [0, 0.05) is 36.5 Å². The Hall–Kier alpha value is -1.81. The maximum absolute atomic E-state index is 6.05. The molecule has 0 radical (unpaired) electrons. The van der Waals surface area contributed by atoms with E-state index in [0.29, 0.717) is 12.6 Å². The summed E-state index contributed by atoms with van der Waals surface area (Å²) >= 11 is 0. The first kappa shape index (κ1) is 15.6. The lowest BCUT2D eigenvalue weighted by molar-refractivity contribution is 0.299. The quantitative estimate of drug-likeness (QED) is 0.849. The average Bonchev–Trinajstić information content (AvgIpc) is 2.92. The largest absolute Gasteiger partial charge is 0.488 e. The first-order valence-electron chi connectivity index (χ1n) is 7.56. The molecule has 0 spiro atoms. The van der Waals surface area contributed by atoms with Crippen LogP contribution in [0.3, 0.4) is 0 Å². The van der Waals surface area contributed by atoms with Crippen LogP contribution in [0.5, 0.6) is 5.75 Å². The van der Waals surface area contributed by atoms with Crippen molar-refractivity contribution in [3.8, 4) is 5.75 Å². The van der Waals surface area contributed by atoms with Crippen molar-refractivity contribution in [3.05, 3.63) is 47.3 Å². The summed E-state index contributed by atoms with van der Waals surface area (Å²) in [5.74, 6) is 0.981. The van der Waals surface area contributed by atoms with E-state index in [1.54, 1.807) is 0 Å². The molecule has 0 saturated carbocycles. The molecule has 2 aromatic rings. The third kappa shape index (κ3) is 4.33. The van der Waals surface area contributed by atoms with Crippen LogP contribution >= 0.6 is 0 Å². The lowest BCUT2D eigenvalue weighted by Crippen LogP contribution is -2.22. The number of para-hydroxylation sites is 1. The van der Waals surface area contributed by atoms with Crippen LogP contribution in [0.1, 0.15) is 37.5 Å². The van der Waals surface area contributed by atoms with Crippen LogP contribution < -0.4 is 10.1 Å². The Morgan fingerprint density at radius 3 is 2.81 bits per heavy atom. The topological polar surface area (TPSA) is 39.1 Å². The molecule has 0 unspecified atom stereocenters. The fourth-order valence-electron chi connectivity index (χ4n) is 2.18. The monoisotopic (exact) mass is 287 g/mol. The molecular weight excluding hydrogens is 262 g/mol. The van der Waals surface area contributed by atoms with E-state index in [1.807, 2.05) is 17.1 Å². The lowest BCUT2D eigenvalue weighted by atomic mass is 10.1. The van der Waals surface area contributed by atoms with E-state index < -0.39 is 0 Å². The minimum Gasteiger partial charge on any atom is -0.488 e. The van der Waals surface area contributed by atoms with E-state index in [4.69, 9.17) is 4.74 Å². The van der Waals surface area contributed by atoms with Crippen LogP contribution in [0.25, 0.3) is 0 Å². The van der Waals surface area contributed by atoms with E-state index in [1.165, 1.54) is 11.1 Å². The molecule has 21 heavy (non-hydrogen) atoms. The number of hydrogen-bond acceptors (Lipinski definition) is 3. The van der Waals surface area contributed by atoms with Crippen molar-refractivity contribution in [2.75, 3.05) is 0 Å². The lowest BCUT2D eigenvalue weighted by Gasteiger charge is -2.15. The van der Waals surface area contributed by atoms with Crippen molar-refractivity contribution in [1.29, 1.82) is 0 Å². The normalized spacial score (nSPS) is 11.1. The first-order valence-corrected chi connectivity index (χ1v) is 7.56. The van der Waals surface area contributed by atoms with Gasteiger partial charge in [-0.25, -0.2) is 0 Å². The van der Waals surface area contributed by atoms with Crippen LogP contribution in [-0.4, -0.2) is 15.8 Å². The zero-order valence-corrected chi connectivity index (χ0v) is 13.4. The van der Waals surface area contributed by atoms with Crippen molar-refractivity contribution < 1.29 is 4.74 Å². The van der Waals surface area contributed by atoms with Crippen molar-refractivity contribution in [3.63, 3.8) is 0 Å². The van der Waals surface area contributed by atoms with Crippen LogP contribution in [0.2, 0.25) is 0 Å². The van der Waals surface area contributed by atoms with Crippen LogP contribution in [0.15, 0.2) is 30.6 Å². The smallest absolute Gasteiger partial charge is 0.127 e. The fourth-order valence-corrected chi connectivity index (χ4v) is 2.18. The summed E-state index contributed by atoms with van der Waals surface area (Å²) in [6.45, 7) is 10.7. The molecule has 0 aliphatic carbocycles. The molecule has 0 bridgehead atoms. The molecule has 0 saturated heterocycles. The van der Waals surface area contributed by atoms with Crippen molar-refractivity contribution >= 4 is 0 Å². The molecule has 0 atom stereocenters. The Morgan fingerprint density at radius 1 is 1.33 bits per heavy atom. The Bertz CT molecular complexity index is 575. The average molecular weight is 287 g/mol. The molecule has 114 valence electrons. The fraction of sp³-hybridized carbons (Fsp3) is 0.471. The number of nitrogens with one attached hydrogen (secondary N) is 1. The molecule has 0 aliphatic heterocycles. The molecule has 0 fully saturated rings. The zero-order valence-electron chi connectivity index (χ0n) is 13.4. The van der Waals surface area contributed by atoms with Gasteiger partial charge in [0.05, 0.1) is 6.20 Å². The summed E-state index contributed by atoms with van der Waals surface area (Å²) in [4.78, 5) is 0. The molecule has 1 heterocycles. The highest BCUT2D eigenvalue weighted by Gasteiger charge is 2.08. The molecule has 0 aliphatic rings. The summed E-state index contributed by atoms with van der Waals surface area (Å²) in [6, 6.07) is 6.74. The number of hydrogen-bond donors (Lipinski definition) is 1. The van der Waals surface area contributed by atoms with Gasteiger partial charge in [0.15, 0.2) is 0 Å². The second kappa shape index (κ2) is 7.27. The van der Waals surface area contributed by atoms with Gasteiger partial charge in [0.1, 0.15) is 12.4 Å². The summed E-state index contributed by atoms with van der Waals surface area (Å²) in [5, 5.41) is 7.72. The molecule has 2 rings (SSSR count). The Morgan fingerprint density at radius 2 is 2.14 bits per heavy atom. The van der Waals surface area contributed by atoms with Crippen LogP contribution in [0, 0.1) is 6.92 Å². The van der Waals surface area contributed by atoms with Gasteiger partial charge in [-0.1, -0.05) is 32.0 Å². The van der Waals surface area contributed by atoms with Gasteiger partial charge in [-0.15, -0.1) is 0 Å². The van der Waals surface area contributed by atoms with E-state index in [9.17, 15) is 0 Å². The second-order valence-electron chi connectivity index (χ2n) is 5.59. The third-order valence-electron chi connectivity index (χ3n) is 3.39. The zero-order chi connectivity index (χ0) is 15.2. The minimum atomic E-state index is 0.459. The van der Waals surface area contributed by atoms with Gasteiger partial charge in [-0.3, -0.25) is 4.68 Å². The summed E-state index contributed by atoms with van der Waals surface area (Å²) in [6.07, 6.45) is 3.90. The standard InChI is InChI=1S/C17H25N3O/c1-5-20-11-15(9-19-20)12-21-17-14(4)7-6-8-16(17)10-18-13(2)3/h6-9,11,13,18H,5,10,12H2,1-4H3. The maximum Gasteiger partial charge on any atom is 0.127 e. The number of aryl methyl sites for hydroxylation is 2. The summed E-state index contributed by atoms with van der Waals surface area (Å²) in [7, 11) is 0. The van der Waals surface area contributed by atoms with Crippen molar-refractivity contribution in [1.82, 2.24) is 15.1 Å². The predicted octanol–water partition coefficient (Wildman–Crippen LogP) is 3.29. The van der Waals surface area contributed by atoms with Gasteiger partial charge in [-0.2, -0.15) is 5.10 Å². The highest BCUT2D eigenvalue weighted by molar-refractivity contribution is 5.40. The van der Waals surface area contributed by atoms with Gasteiger partial charge in [-0.05, 0) is 19.4 Å². The molecule has 4 nitrogen and oxygen atoms in total. The van der Waals surface area contributed by atoms with Gasteiger partial charge >= 0.3 is 0 Å². The Kier molecular flexibility index (Phi) is 5.39.